The van der Waals surface area contributed by atoms with E-state index in [0.717, 1.165) is 18.8 Å². The quantitative estimate of drug-likeness (QED) is 0.566. The van der Waals surface area contributed by atoms with Gasteiger partial charge in [0.1, 0.15) is 0 Å². The number of nitrogens with zero attached hydrogens (tertiary/aromatic N) is 4. The fraction of sp³-hybridized carbons (Fsp3) is 0.650. The number of hydrogen-bond acceptors (Lipinski definition) is 5. The summed E-state index contributed by atoms with van der Waals surface area (Å²) in [6.45, 7) is 7.79. The number of carbonyl (C=O) groups excluding carboxylic acids is 1. The second-order valence-electron chi connectivity index (χ2n) is 7.85. The molecule has 1 heterocycles. The Kier molecular flexibility index (Phi) is 6.31. The van der Waals surface area contributed by atoms with E-state index in [9.17, 15) is 14.9 Å². The molecule has 0 aromatic heterocycles. The summed E-state index contributed by atoms with van der Waals surface area (Å²) >= 11 is 0. The summed E-state index contributed by atoms with van der Waals surface area (Å²) in [4.78, 5) is 29.7. The largest absolute Gasteiger partial charge is 0.368 e. The maximum atomic E-state index is 12.8. The first-order chi connectivity index (χ1) is 13.0. The second kappa shape index (κ2) is 8.69. The van der Waals surface area contributed by atoms with Gasteiger partial charge in [0.2, 0.25) is 5.91 Å². The van der Waals surface area contributed by atoms with Crippen LogP contribution in [0.3, 0.4) is 0 Å². The lowest BCUT2D eigenvalue weighted by Crippen LogP contribution is -2.53. The number of carbonyl (C=O) groups is 1. The maximum Gasteiger partial charge on any atom is 0.269 e. The minimum Gasteiger partial charge on any atom is -0.368 e. The van der Waals surface area contributed by atoms with E-state index in [1.54, 1.807) is 12.1 Å². The van der Waals surface area contributed by atoms with Crippen LogP contribution in [0.2, 0.25) is 0 Å². The van der Waals surface area contributed by atoms with Gasteiger partial charge in [-0.1, -0.05) is 12.8 Å². The molecule has 7 nitrogen and oxygen atoms in total. The Morgan fingerprint density at radius 1 is 1.15 bits per heavy atom. The van der Waals surface area contributed by atoms with Crippen LogP contribution in [0.5, 0.6) is 0 Å². The molecule has 1 aromatic carbocycles. The number of non-ortho nitro benzene ring substituents is 1. The highest BCUT2D eigenvalue weighted by atomic mass is 16.6. The number of piperazine rings is 1. The van der Waals surface area contributed by atoms with Gasteiger partial charge in [0.15, 0.2) is 0 Å². The molecule has 0 radical (unpaired) electrons. The van der Waals surface area contributed by atoms with Crippen molar-refractivity contribution in [1.29, 1.82) is 0 Å². The van der Waals surface area contributed by atoms with Gasteiger partial charge in [0, 0.05) is 56.1 Å². The molecule has 27 heavy (non-hydrogen) atoms. The standard InChI is InChI=1S/C20H30N4O3/c1-16(2)23(18-5-3-4-6-18)15-20(25)22-13-11-21(12-14-22)17-7-9-19(10-8-17)24(26)27/h7-10,16,18H,3-6,11-15H2,1-2H3. The van der Waals surface area contributed by atoms with Crippen LogP contribution in [-0.4, -0.2) is 65.4 Å². The third kappa shape index (κ3) is 4.77. The Labute approximate surface area is 161 Å². The Morgan fingerprint density at radius 3 is 2.26 bits per heavy atom. The molecule has 2 aliphatic rings. The zero-order valence-corrected chi connectivity index (χ0v) is 16.3. The number of nitro groups is 1. The van der Waals surface area contributed by atoms with Crippen LogP contribution < -0.4 is 4.90 Å². The molecule has 1 amide bonds. The summed E-state index contributed by atoms with van der Waals surface area (Å²) in [5.41, 5.74) is 1.08. The van der Waals surface area contributed by atoms with Crippen LogP contribution in [0.1, 0.15) is 39.5 Å². The lowest BCUT2D eigenvalue weighted by Gasteiger charge is -2.38. The average molecular weight is 374 g/mol. The highest BCUT2D eigenvalue weighted by Crippen LogP contribution is 2.25. The van der Waals surface area contributed by atoms with Gasteiger partial charge in [0.05, 0.1) is 11.5 Å². The average Bonchev–Trinajstić information content (AvgIpc) is 3.20. The normalized spacial score (nSPS) is 18.5. The van der Waals surface area contributed by atoms with Gasteiger partial charge in [-0.25, -0.2) is 0 Å². The Hall–Kier alpha value is -2.15. The second-order valence-corrected chi connectivity index (χ2v) is 7.85. The van der Waals surface area contributed by atoms with Gasteiger partial charge >= 0.3 is 0 Å². The van der Waals surface area contributed by atoms with Crippen molar-refractivity contribution in [2.24, 2.45) is 0 Å². The van der Waals surface area contributed by atoms with Crippen LogP contribution in [0.15, 0.2) is 24.3 Å². The molecular formula is C20H30N4O3. The molecule has 148 valence electrons. The van der Waals surface area contributed by atoms with Crippen molar-refractivity contribution in [2.75, 3.05) is 37.6 Å². The lowest BCUT2D eigenvalue weighted by atomic mass is 10.1. The van der Waals surface area contributed by atoms with Gasteiger partial charge in [-0.15, -0.1) is 0 Å². The summed E-state index contributed by atoms with van der Waals surface area (Å²) in [5, 5.41) is 10.8. The van der Waals surface area contributed by atoms with Crippen molar-refractivity contribution < 1.29 is 9.72 Å². The van der Waals surface area contributed by atoms with Gasteiger partial charge in [-0.3, -0.25) is 19.8 Å². The first kappa shape index (κ1) is 19.6. The van der Waals surface area contributed by atoms with E-state index in [1.807, 2.05) is 4.90 Å². The van der Waals surface area contributed by atoms with E-state index in [4.69, 9.17) is 0 Å². The monoisotopic (exact) mass is 374 g/mol. The van der Waals surface area contributed by atoms with Crippen LogP contribution in [0.25, 0.3) is 0 Å². The molecule has 1 saturated carbocycles. The van der Waals surface area contributed by atoms with Gasteiger partial charge < -0.3 is 9.80 Å². The molecule has 1 aromatic rings. The number of hydrogen-bond donors (Lipinski definition) is 0. The number of rotatable bonds is 6. The maximum absolute atomic E-state index is 12.8. The molecule has 2 fully saturated rings. The smallest absolute Gasteiger partial charge is 0.269 e. The summed E-state index contributed by atoms with van der Waals surface area (Å²) in [6.07, 6.45) is 4.96. The minimum atomic E-state index is -0.384. The van der Waals surface area contributed by atoms with Crippen LogP contribution in [0.4, 0.5) is 11.4 Å². The van der Waals surface area contributed by atoms with Crippen molar-refractivity contribution in [3.63, 3.8) is 0 Å². The summed E-state index contributed by atoms with van der Waals surface area (Å²) in [6, 6.07) is 7.59. The van der Waals surface area contributed by atoms with E-state index in [0.29, 0.717) is 31.7 Å². The van der Waals surface area contributed by atoms with Crippen molar-refractivity contribution in [3.8, 4) is 0 Å². The van der Waals surface area contributed by atoms with Crippen molar-refractivity contribution in [3.05, 3.63) is 34.4 Å². The third-order valence-corrected chi connectivity index (χ3v) is 5.83. The number of anilines is 1. The number of benzene rings is 1. The minimum absolute atomic E-state index is 0.105. The van der Waals surface area contributed by atoms with Crippen LogP contribution in [-0.2, 0) is 4.79 Å². The topological polar surface area (TPSA) is 69.9 Å². The molecule has 0 bridgehead atoms. The van der Waals surface area contributed by atoms with E-state index in [1.165, 1.54) is 37.8 Å². The fourth-order valence-corrected chi connectivity index (χ4v) is 4.22. The molecule has 0 spiro atoms. The molecule has 1 aliphatic heterocycles. The fourth-order valence-electron chi connectivity index (χ4n) is 4.22. The van der Waals surface area contributed by atoms with Crippen LogP contribution in [0, 0.1) is 10.1 Å². The molecule has 0 N–H and O–H groups in total. The van der Waals surface area contributed by atoms with E-state index < -0.39 is 0 Å². The van der Waals surface area contributed by atoms with Gasteiger partial charge in [0.25, 0.3) is 5.69 Å². The van der Waals surface area contributed by atoms with Gasteiger partial charge in [-0.2, -0.15) is 0 Å². The number of nitro benzene ring substituents is 1. The summed E-state index contributed by atoms with van der Waals surface area (Å²) in [7, 11) is 0. The first-order valence-electron chi connectivity index (χ1n) is 9.98. The molecule has 0 atom stereocenters. The molecular weight excluding hydrogens is 344 g/mol. The predicted octanol–water partition coefficient (Wildman–Crippen LogP) is 2.90. The molecule has 3 rings (SSSR count). The predicted molar refractivity (Wildman–Crippen MR) is 106 cm³/mol. The highest BCUT2D eigenvalue weighted by molar-refractivity contribution is 5.78. The molecule has 7 heteroatoms. The highest BCUT2D eigenvalue weighted by Gasteiger charge is 2.29. The summed E-state index contributed by atoms with van der Waals surface area (Å²) < 4.78 is 0. The van der Waals surface area contributed by atoms with Crippen molar-refractivity contribution in [1.82, 2.24) is 9.80 Å². The Balaban J connectivity index is 1.53. The van der Waals surface area contributed by atoms with Crippen molar-refractivity contribution in [2.45, 2.75) is 51.6 Å². The van der Waals surface area contributed by atoms with E-state index >= 15 is 0 Å². The zero-order valence-electron chi connectivity index (χ0n) is 16.3. The Morgan fingerprint density at radius 2 is 1.74 bits per heavy atom. The molecule has 1 saturated heterocycles. The SMILES string of the molecule is CC(C)N(CC(=O)N1CCN(c2ccc([N+](=O)[O-])cc2)CC1)C1CCCC1. The molecule has 1 aliphatic carbocycles. The van der Waals surface area contributed by atoms with E-state index in [-0.39, 0.29) is 16.5 Å². The van der Waals surface area contributed by atoms with Crippen LogP contribution >= 0.6 is 0 Å². The first-order valence-corrected chi connectivity index (χ1v) is 9.98. The van der Waals surface area contributed by atoms with Gasteiger partial charge in [-0.05, 0) is 38.8 Å². The van der Waals surface area contributed by atoms with Crippen molar-refractivity contribution >= 4 is 17.3 Å². The third-order valence-electron chi connectivity index (χ3n) is 5.83. The van der Waals surface area contributed by atoms with E-state index in [2.05, 4.69) is 23.6 Å². The molecule has 0 unspecified atom stereocenters. The zero-order chi connectivity index (χ0) is 19.4. The lowest BCUT2D eigenvalue weighted by molar-refractivity contribution is -0.384. The number of amides is 1. The Bertz CT molecular complexity index is 648. The summed E-state index contributed by atoms with van der Waals surface area (Å²) in [5.74, 6) is 0.221.